The predicted molar refractivity (Wildman–Crippen MR) is 154 cm³/mol. The summed E-state index contributed by atoms with van der Waals surface area (Å²) in [5.74, 6) is 0.553. The van der Waals surface area contributed by atoms with Crippen LogP contribution in [0, 0.1) is 0 Å². The van der Waals surface area contributed by atoms with Crippen LogP contribution in [-0.4, -0.2) is 37.2 Å². The number of benzene rings is 2. The fourth-order valence-electron chi connectivity index (χ4n) is 5.00. The molecule has 5 rings (SSSR count). The van der Waals surface area contributed by atoms with E-state index >= 15 is 0 Å². The number of esters is 1. The minimum atomic E-state index is -0.386. The molecule has 7 nitrogen and oxygen atoms in total. The molecule has 0 spiro atoms. The number of hydrogen-bond acceptors (Lipinski definition) is 7. The van der Waals surface area contributed by atoms with E-state index in [-0.39, 0.29) is 18.0 Å². The maximum atomic E-state index is 13.9. The number of thiophene rings is 1. The summed E-state index contributed by atoms with van der Waals surface area (Å²) < 4.78 is 16.6. The van der Waals surface area contributed by atoms with Crippen molar-refractivity contribution in [2.75, 3.05) is 19.5 Å². The lowest BCUT2D eigenvalue weighted by molar-refractivity contribution is 0.0378. The number of carbonyl (C=O) groups is 2. The number of rotatable bonds is 7. The highest BCUT2D eigenvalue weighted by Crippen LogP contribution is 2.39. The van der Waals surface area contributed by atoms with Gasteiger partial charge in [0.1, 0.15) is 16.5 Å². The van der Waals surface area contributed by atoms with E-state index in [1.165, 1.54) is 11.3 Å². The number of ether oxygens (including phenoxy) is 3. The van der Waals surface area contributed by atoms with Crippen LogP contribution >= 0.6 is 11.3 Å². The number of anilines is 1. The molecule has 0 bridgehead atoms. The van der Waals surface area contributed by atoms with E-state index in [9.17, 15) is 9.59 Å². The van der Waals surface area contributed by atoms with Crippen molar-refractivity contribution >= 4 is 39.1 Å². The summed E-state index contributed by atoms with van der Waals surface area (Å²) in [7, 11) is 3.19. The van der Waals surface area contributed by atoms with Gasteiger partial charge in [-0.05, 0) is 69.4 Å². The van der Waals surface area contributed by atoms with Crippen LogP contribution in [0.15, 0.2) is 48.5 Å². The van der Waals surface area contributed by atoms with Crippen LogP contribution in [-0.2, 0) is 17.6 Å². The SMILES string of the molecule is COc1ccc(-c2cc(C(=O)Nc3sc4c(c3C(=O)OC(C)C)CCCCC4)c3ccccc3n2)c(OC)c1. The second kappa shape index (κ2) is 11.5. The number of aromatic nitrogens is 1. The molecule has 0 fully saturated rings. The molecule has 0 unspecified atom stereocenters. The van der Waals surface area contributed by atoms with E-state index in [2.05, 4.69) is 5.32 Å². The molecular weight excluding hydrogens is 512 g/mol. The van der Waals surface area contributed by atoms with Gasteiger partial charge in [-0.2, -0.15) is 0 Å². The van der Waals surface area contributed by atoms with Crippen LogP contribution in [0.5, 0.6) is 11.5 Å². The van der Waals surface area contributed by atoms with Gasteiger partial charge in [0.15, 0.2) is 0 Å². The number of amides is 1. The Bertz CT molecular complexity index is 1540. The van der Waals surface area contributed by atoms with Crippen LogP contribution < -0.4 is 14.8 Å². The minimum Gasteiger partial charge on any atom is -0.497 e. The van der Waals surface area contributed by atoms with E-state index in [0.717, 1.165) is 53.5 Å². The number of methoxy groups -OCH3 is 2. The Balaban J connectivity index is 1.59. The molecule has 39 heavy (non-hydrogen) atoms. The first-order valence-electron chi connectivity index (χ1n) is 13.2. The fraction of sp³-hybridized carbons (Fsp3) is 0.323. The molecule has 0 saturated carbocycles. The first-order chi connectivity index (χ1) is 18.9. The van der Waals surface area contributed by atoms with Gasteiger partial charge in [-0.1, -0.05) is 24.6 Å². The number of fused-ring (bicyclic) bond motifs is 2. The third-order valence-electron chi connectivity index (χ3n) is 6.84. The average molecular weight is 545 g/mol. The molecule has 4 aromatic rings. The lowest BCUT2D eigenvalue weighted by Crippen LogP contribution is -2.18. The number of para-hydroxylation sites is 1. The molecular formula is C31H32N2O5S. The summed E-state index contributed by atoms with van der Waals surface area (Å²) in [6, 6.07) is 14.8. The Labute approximate surface area is 232 Å². The van der Waals surface area contributed by atoms with Crippen molar-refractivity contribution in [1.29, 1.82) is 0 Å². The van der Waals surface area contributed by atoms with Crippen molar-refractivity contribution in [3.63, 3.8) is 0 Å². The fourth-order valence-corrected chi connectivity index (χ4v) is 6.27. The third kappa shape index (κ3) is 5.47. The zero-order chi connectivity index (χ0) is 27.5. The normalized spacial score (nSPS) is 13.1. The summed E-state index contributed by atoms with van der Waals surface area (Å²) in [5, 5.41) is 4.34. The Hall–Kier alpha value is -3.91. The van der Waals surface area contributed by atoms with Crippen LogP contribution in [0.2, 0.25) is 0 Å². The highest BCUT2D eigenvalue weighted by Gasteiger charge is 2.28. The van der Waals surface area contributed by atoms with Crippen molar-refractivity contribution in [1.82, 2.24) is 4.98 Å². The molecule has 0 radical (unpaired) electrons. The van der Waals surface area contributed by atoms with Gasteiger partial charge >= 0.3 is 5.97 Å². The summed E-state index contributed by atoms with van der Waals surface area (Å²) >= 11 is 1.49. The number of nitrogens with zero attached hydrogens (tertiary/aromatic N) is 1. The second-order valence-electron chi connectivity index (χ2n) is 9.82. The molecule has 1 N–H and O–H groups in total. The Morgan fingerprint density at radius 1 is 0.974 bits per heavy atom. The number of nitrogens with one attached hydrogen (secondary N) is 1. The quantitative estimate of drug-likeness (QED) is 0.198. The van der Waals surface area contributed by atoms with Gasteiger partial charge in [-0.3, -0.25) is 4.79 Å². The number of hydrogen-bond donors (Lipinski definition) is 1. The number of carbonyl (C=O) groups excluding carboxylic acids is 2. The molecule has 2 aromatic heterocycles. The highest BCUT2D eigenvalue weighted by molar-refractivity contribution is 7.17. The molecule has 0 atom stereocenters. The smallest absolute Gasteiger partial charge is 0.341 e. The molecule has 1 aliphatic carbocycles. The monoisotopic (exact) mass is 544 g/mol. The topological polar surface area (TPSA) is 86.8 Å². The lowest BCUT2D eigenvalue weighted by atomic mass is 10.0. The summed E-state index contributed by atoms with van der Waals surface area (Å²) in [4.78, 5) is 33.1. The maximum Gasteiger partial charge on any atom is 0.341 e. The zero-order valence-corrected chi connectivity index (χ0v) is 23.4. The standard InChI is InChI=1S/C31H32N2O5S/c1-18(2)38-31(35)28-22-11-6-5-7-13-27(22)39-30(28)33-29(34)23-17-25(32-24-12-9-8-10-20(23)24)21-15-14-19(36-3)16-26(21)37-4/h8-10,12,14-18H,5-7,11,13H2,1-4H3,(H,33,34). The second-order valence-corrected chi connectivity index (χ2v) is 10.9. The van der Waals surface area contributed by atoms with E-state index in [1.807, 2.05) is 50.2 Å². The van der Waals surface area contributed by atoms with E-state index in [4.69, 9.17) is 19.2 Å². The van der Waals surface area contributed by atoms with E-state index < -0.39 is 0 Å². The number of aryl methyl sites for hydroxylation is 1. The van der Waals surface area contributed by atoms with Crippen LogP contribution in [0.25, 0.3) is 22.2 Å². The Morgan fingerprint density at radius 2 is 1.77 bits per heavy atom. The van der Waals surface area contributed by atoms with Crippen molar-refractivity contribution in [2.24, 2.45) is 0 Å². The molecule has 202 valence electrons. The van der Waals surface area contributed by atoms with Gasteiger partial charge in [-0.15, -0.1) is 11.3 Å². The predicted octanol–water partition coefficient (Wildman–Crippen LogP) is 7.07. The molecule has 0 aliphatic heterocycles. The summed E-state index contributed by atoms with van der Waals surface area (Å²) in [5.41, 5.74) is 3.98. The molecule has 2 heterocycles. The van der Waals surface area contributed by atoms with Gasteiger partial charge in [0.05, 0.1) is 42.7 Å². The largest absolute Gasteiger partial charge is 0.497 e. The minimum absolute atomic E-state index is 0.256. The van der Waals surface area contributed by atoms with Gasteiger partial charge in [0.25, 0.3) is 5.91 Å². The van der Waals surface area contributed by atoms with Crippen molar-refractivity contribution in [2.45, 2.75) is 52.1 Å². The average Bonchev–Trinajstić information content (AvgIpc) is 3.11. The Kier molecular flexibility index (Phi) is 7.84. The summed E-state index contributed by atoms with van der Waals surface area (Å²) in [6.07, 6.45) is 4.67. The van der Waals surface area contributed by atoms with Gasteiger partial charge < -0.3 is 19.5 Å². The lowest BCUT2D eigenvalue weighted by Gasteiger charge is -2.14. The van der Waals surface area contributed by atoms with E-state index in [1.54, 1.807) is 26.4 Å². The van der Waals surface area contributed by atoms with E-state index in [0.29, 0.717) is 38.8 Å². The first kappa shape index (κ1) is 26.7. The van der Waals surface area contributed by atoms with Gasteiger partial charge in [0, 0.05) is 21.9 Å². The maximum absolute atomic E-state index is 13.9. The molecule has 1 amide bonds. The summed E-state index contributed by atoms with van der Waals surface area (Å²) in [6.45, 7) is 3.67. The van der Waals surface area contributed by atoms with Crippen LogP contribution in [0.4, 0.5) is 5.00 Å². The van der Waals surface area contributed by atoms with Crippen molar-refractivity contribution in [3.05, 3.63) is 70.1 Å². The highest BCUT2D eigenvalue weighted by atomic mass is 32.1. The first-order valence-corrected chi connectivity index (χ1v) is 14.0. The van der Waals surface area contributed by atoms with Gasteiger partial charge in [0.2, 0.25) is 0 Å². The molecule has 1 aliphatic rings. The van der Waals surface area contributed by atoms with Crippen molar-refractivity contribution in [3.8, 4) is 22.8 Å². The van der Waals surface area contributed by atoms with Crippen LogP contribution in [0.3, 0.4) is 0 Å². The number of pyridine rings is 1. The van der Waals surface area contributed by atoms with Crippen molar-refractivity contribution < 1.29 is 23.8 Å². The Morgan fingerprint density at radius 3 is 2.54 bits per heavy atom. The molecule has 0 saturated heterocycles. The molecule has 8 heteroatoms. The third-order valence-corrected chi connectivity index (χ3v) is 8.05. The van der Waals surface area contributed by atoms with Gasteiger partial charge in [-0.25, -0.2) is 9.78 Å². The molecule has 2 aromatic carbocycles. The van der Waals surface area contributed by atoms with Crippen LogP contribution in [0.1, 0.15) is 64.3 Å². The zero-order valence-electron chi connectivity index (χ0n) is 22.6.